The first-order chi connectivity index (χ1) is 9.24. The fourth-order valence-electron chi connectivity index (χ4n) is 2.50. The Morgan fingerprint density at radius 1 is 0.947 bits per heavy atom. The molecule has 0 N–H and O–H groups in total. The van der Waals surface area contributed by atoms with Gasteiger partial charge in [0, 0.05) is 18.3 Å². The molecule has 0 unspecified atom stereocenters. The van der Waals surface area contributed by atoms with E-state index in [9.17, 15) is 0 Å². The maximum Gasteiger partial charge on any atom is 0.0483 e. The molecule has 1 nitrogen and oxygen atoms in total. The van der Waals surface area contributed by atoms with Gasteiger partial charge in [-0.2, -0.15) is 0 Å². The number of benzene rings is 2. The van der Waals surface area contributed by atoms with E-state index >= 15 is 0 Å². The molecule has 0 aliphatic carbocycles. The molecule has 0 saturated carbocycles. The second kappa shape index (κ2) is 4.93. The standard InChI is InChI=1S/C18H19N/c1-14(2)16-8-9-18-17(12-16)10-11-19(18)13-15-6-4-3-5-7-15/h3-12,14H,13H2,1-2H3. The van der Waals surface area contributed by atoms with Crippen molar-refractivity contribution in [2.24, 2.45) is 0 Å². The van der Waals surface area contributed by atoms with E-state index in [0.717, 1.165) is 6.54 Å². The maximum atomic E-state index is 2.31. The number of fused-ring (bicyclic) bond motifs is 1. The van der Waals surface area contributed by atoms with Gasteiger partial charge in [0.05, 0.1) is 0 Å². The third-order valence-corrected chi connectivity index (χ3v) is 3.66. The van der Waals surface area contributed by atoms with Crippen molar-refractivity contribution in [2.45, 2.75) is 26.3 Å². The van der Waals surface area contributed by atoms with Crippen LogP contribution in [0.2, 0.25) is 0 Å². The van der Waals surface area contributed by atoms with Crippen LogP contribution in [0.5, 0.6) is 0 Å². The molecule has 3 rings (SSSR count). The molecule has 0 atom stereocenters. The van der Waals surface area contributed by atoms with Gasteiger partial charge in [-0.25, -0.2) is 0 Å². The van der Waals surface area contributed by atoms with E-state index in [0.29, 0.717) is 5.92 Å². The van der Waals surface area contributed by atoms with Crippen LogP contribution >= 0.6 is 0 Å². The van der Waals surface area contributed by atoms with Crippen molar-refractivity contribution in [1.29, 1.82) is 0 Å². The van der Waals surface area contributed by atoms with Crippen LogP contribution in [0.15, 0.2) is 60.8 Å². The molecular weight excluding hydrogens is 230 g/mol. The molecule has 1 heteroatoms. The third kappa shape index (κ3) is 2.41. The Bertz CT molecular complexity index is 677. The fraction of sp³-hybridized carbons (Fsp3) is 0.222. The largest absolute Gasteiger partial charge is 0.343 e. The Hall–Kier alpha value is -2.02. The molecule has 19 heavy (non-hydrogen) atoms. The zero-order valence-corrected chi connectivity index (χ0v) is 11.5. The second-order valence-corrected chi connectivity index (χ2v) is 5.40. The summed E-state index contributed by atoms with van der Waals surface area (Å²) in [7, 11) is 0. The van der Waals surface area contributed by atoms with Crippen molar-refractivity contribution < 1.29 is 0 Å². The van der Waals surface area contributed by atoms with Crippen molar-refractivity contribution in [3.05, 3.63) is 71.9 Å². The molecule has 1 heterocycles. The highest BCUT2D eigenvalue weighted by Gasteiger charge is 2.04. The van der Waals surface area contributed by atoms with Crippen LogP contribution < -0.4 is 0 Å². The van der Waals surface area contributed by atoms with Crippen LogP contribution in [0.4, 0.5) is 0 Å². The molecule has 3 aromatic rings. The van der Waals surface area contributed by atoms with Gasteiger partial charge in [-0.3, -0.25) is 0 Å². The number of aromatic nitrogens is 1. The fourth-order valence-corrected chi connectivity index (χ4v) is 2.50. The minimum absolute atomic E-state index is 0.585. The number of rotatable bonds is 3. The number of hydrogen-bond acceptors (Lipinski definition) is 0. The minimum atomic E-state index is 0.585. The van der Waals surface area contributed by atoms with Gasteiger partial charge in [0.25, 0.3) is 0 Å². The van der Waals surface area contributed by atoms with Crippen molar-refractivity contribution in [2.75, 3.05) is 0 Å². The molecule has 0 aliphatic rings. The Balaban J connectivity index is 1.97. The highest BCUT2D eigenvalue weighted by molar-refractivity contribution is 5.81. The molecule has 0 amide bonds. The summed E-state index contributed by atoms with van der Waals surface area (Å²) in [4.78, 5) is 0. The molecule has 0 aliphatic heterocycles. The highest BCUT2D eigenvalue weighted by Crippen LogP contribution is 2.23. The summed E-state index contributed by atoms with van der Waals surface area (Å²) in [6.45, 7) is 5.41. The minimum Gasteiger partial charge on any atom is -0.343 e. The first-order valence-corrected chi connectivity index (χ1v) is 6.87. The lowest BCUT2D eigenvalue weighted by atomic mass is 10.0. The number of nitrogens with zero attached hydrogens (tertiary/aromatic N) is 1. The van der Waals surface area contributed by atoms with E-state index in [4.69, 9.17) is 0 Å². The molecule has 0 fully saturated rings. The topological polar surface area (TPSA) is 4.93 Å². The maximum absolute atomic E-state index is 2.31. The first kappa shape index (κ1) is 12.0. The second-order valence-electron chi connectivity index (χ2n) is 5.40. The van der Waals surface area contributed by atoms with Gasteiger partial charge in [0.1, 0.15) is 0 Å². The van der Waals surface area contributed by atoms with E-state index in [1.165, 1.54) is 22.0 Å². The molecule has 0 spiro atoms. The summed E-state index contributed by atoms with van der Waals surface area (Å²) >= 11 is 0. The monoisotopic (exact) mass is 249 g/mol. The first-order valence-electron chi connectivity index (χ1n) is 6.87. The van der Waals surface area contributed by atoms with Gasteiger partial charge in [0.15, 0.2) is 0 Å². The van der Waals surface area contributed by atoms with Crippen LogP contribution in [-0.2, 0) is 6.54 Å². The molecule has 0 saturated heterocycles. The van der Waals surface area contributed by atoms with Crippen molar-refractivity contribution in [3.63, 3.8) is 0 Å². The van der Waals surface area contributed by atoms with Crippen molar-refractivity contribution in [1.82, 2.24) is 4.57 Å². The molecule has 0 radical (unpaired) electrons. The lowest BCUT2D eigenvalue weighted by Crippen LogP contribution is -1.97. The van der Waals surface area contributed by atoms with E-state index in [1.807, 2.05) is 0 Å². The summed E-state index contributed by atoms with van der Waals surface area (Å²) in [5.74, 6) is 0.585. The van der Waals surface area contributed by atoms with E-state index in [1.54, 1.807) is 0 Å². The van der Waals surface area contributed by atoms with Gasteiger partial charge >= 0.3 is 0 Å². The van der Waals surface area contributed by atoms with E-state index in [2.05, 4.69) is 79.2 Å². The Morgan fingerprint density at radius 2 is 1.74 bits per heavy atom. The summed E-state index contributed by atoms with van der Waals surface area (Å²) in [6.07, 6.45) is 2.18. The van der Waals surface area contributed by atoms with Gasteiger partial charge in [-0.1, -0.05) is 50.2 Å². The lowest BCUT2D eigenvalue weighted by molar-refractivity contribution is 0.835. The average Bonchev–Trinajstić information content (AvgIpc) is 2.82. The Labute approximate surface area is 114 Å². The zero-order chi connectivity index (χ0) is 13.2. The van der Waals surface area contributed by atoms with Crippen LogP contribution in [-0.4, -0.2) is 4.57 Å². The predicted octanol–water partition coefficient (Wildman–Crippen LogP) is 4.81. The lowest BCUT2D eigenvalue weighted by Gasteiger charge is -2.08. The zero-order valence-electron chi connectivity index (χ0n) is 11.5. The van der Waals surface area contributed by atoms with Crippen LogP contribution in [0.25, 0.3) is 10.9 Å². The molecule has 0 bridgehead atoms. The quantitative estimate of drug-likeness (QED) is 0.627. The number of hydrogen-bond donors (Lipinski definition) is 0. The SMILES string of the molecule is CC(C)c1ccc2c(ccn2Cc2ccccc2)c1. The predicted molar refractivity (Wildman–Crippen MR) is 81.6 cm³/mol. The van der Waals surface area contributed by atoms with Gasteiger partial charge < -0.3 is 4.57 Å². The summed E-state index contributed by atoms with van der Waals surface area (Å²) < 4.78 is 2.31. The summed E-state index contributed by atoms with van der Waals surface area (Å²) in [6, 6.07) is 19.6. The van der Waals surface area contributed by atoms with Crippen LogP contribution in [0, 0.1) is 0 Å². The van der Waals surface area contributed by atoms with Crippen molar-refractivity contribution in [3.8, 4) is 0 Å². The molecule has 1 aromatic heterocycles. The van der Waals surface area contributed by atoms with E-state index in [-0.39, 0.29) is 0 Å². The van der Waals surface area contributed by atoms with Gasteiger partial charge in [-0.05, 0) is 40.6 Å². The average molecular weight is 249 g/mol. The van der Waals surface area contributed by atoms with Gasteiger partial charge in [-0.15, -0.1) is 0 Å². The highest BCUT2D eigenvalue weighted by atomic mass is 14.9. The normalized spacial score (nSPS) is 11.3. The van der Waals surface area contributed by atoms with Crippen LogP contribution in [0.3, 0.4) is 0 Å². The molecular formula is C18H19N. The Morgan fingerprint density at radius 3 is 2.47 bits per heavy atom. The molecule has 2 aromatic carbocycles. The third-order valence-electron chi connectivity index (χ3n) is 3.66. The Kier molecular flexibility index (Phi) is 3.12. The van der Waals surface area contributed by atoms with E-state index < -0.39 is 0 Å². The van der Waals surface area contributed by atoms with Crippen molar-refractivity contribution >= 4 is 10.9 Å². The van der Waals surface area contributed by atoms with Gasteiger partial charge in [0.2, 0.25) is 0 Å². The summed E-state index contributed by atoms with van der Waals surface area (Å²) in [5, 5.41) is 1.34. The molecule has 96 valence electrons. The smallest absolute Gasteiger partial charge is 0.0483 e. The summed E-state index contributed by atoms with van der Waals surface area (Å²) in [5.41, 5.74) is 4.06. The van der Waals surface area contributed by atoms with Crippen LogP contribution in [0.1, 0.15) is 30.9 Å².